The monoisotopic (exact) mass is 289 g/mol. The van der Waals surface area contributed by atoms with E-state index < -0.39 is 6.10 Å². The van der Waals surface area contributed by atoms with E-state index in [2.05, 4.69) is 5.32 Å². The van der Waals surface area contributed by atoms with Crippen molar-refractivity contribution in [3.05, 3.63) is 33.8 Å². The van der Waals surface area contributed by atoms with Crippen LogP contribution in [0.1, 0.15) is 25.8 Å². The van der Waals surface area contributed by atoms with Crippen molar-refractivity contribution in [2.45, 2.75) is 38.8 Å². The quantitative estimate of drug-likeness (QED) is 0.876. The molecule has 0 fully saturated rings. The van der Waals surface area contributed by atoms with Crippen molar-refractivity contribution >= 4 is 29.1 Å². The summed E-state index contributed by atoms with van der Waals surface area (Å²) >= 11 is 11.7. The molecule has 0 aliphatic rings. The van der Waals surface area contributed by atoms with Gasteiger partial charge in [0.1, 0.15) is 0 Å². The fraction of sp³-hybridized carbons (Fsp3) is 0.462. The van der Waals surface area contributed by atoms with E-state index in [-0.39, 0.29) is 18.4 Å². The summed E-state index contributed by atoms with van der Waals surface area (Å²) < 4.78 is 0. The molecule has 2 atom stereocenters. The number of nitrogens with one attached hydrogen (secondary N) is 1. The number of hydrogen-bond donors (Lipinski definition) is 2. The van der Waals surface area contributed by atoms with Crippen LogP contribution in [0.3, 0.4) is 0 Å². The minimum Gasteiger partial charge on any atom is -0.393 e. The van der Waals surface area contributed by atoms with Crippen LogP contribution in [0.5, 0.6) is 0 Å². The summed E-state index contributed by atoms with van der Waals surface area (Å²) in [5.41, 5.74) is 0.811. The summed E-state index contributed by atoms with van der Waals surface area (Å²) in [7, 11) is 0. The lowest BCUT2D eigenvalue weighted by molar-refractivity contribution is -0.121. The first kappa shape index (κ1) is 15.3. The van der Waals surface area contributed by atoms with Gasteiger partial charge in [-0.05, 0) is 38.0 Å². The SMILES string of the molecule is CC(O)CC(C)NC(=O)Cc1ccc(Cl)c(Cl)c1. The first-order valence-corrected chi connectivity index (χ1v) is 6.55. The first-order chi connectivity index (χ1) is 8.38. The zero-order valence-corrected chi connectivity index (χ0v) is 11.9. The number of rotatable bonds is 5. The predicted octanol–water partition coefficient (Wildman–Crippen LogP) is 2.81. The van der Waals surface area contributed by atoms with E-state index >= 15 is 0 Å². The highest BCUT2D eigenvalue weighted by Crippen LogP contribution is 2.22. The molecule has 1 rings (SSSR count). The minimum atomic E-state index is -0.426. The van der Waals surface area contributed by atoms with Crippen LogP contribution < -0.4 is 5.32 Å². The van der Waals surface area contributed by atoms with Crippen molar-refractivity contribution in [2.24, 2.45) is 0 Å². The van der Waals surface area contributed by atoms with Crippen LogP contribution in [-0.4, -0.2) is 23.2 Å². The van der Waals surface area contributed by atoms with E-state index in [0.29, 0.717) is 16.5 Å². The molecule has 2 N–H and O–H groups in total. The lowest BCUT2D eigenvalue weighted by Gasteiger charge is -2.15. The summed E-state index contributed by atoms with van der Waals surface area (Å²) in [6.07, 6.45) is 0.360. The number of amides is 1. The van der Waals surface area contributed by atoms with Gasteiger partial charge in [-0.3, -0.25) is 4.79 Å². The number of aliphatic hydroxyl groups excluding tert-OH is 1. The third-order valence-corrected chi connectivity index (χ3v) is 3.19. The zero-order valence-electron chi connectivity index (χ0n) is 10.4. The number of carbonyl (C=O) groups is 1. The van der Waals surface area contributed by atoms with Crippen molar-refractivity contribution in [3.63, 3.8) is 0 Å². The van der Waals surface area contributed by atoms with E-state index in [9.17, 15) is 9.90 Å². The third-order valence-electron chi connectivity index (χ3n) is 2.45. The van der Waals surface area contributed by atoms with Crippen molar-refractivity contribution < 1.29 is 9.90 Å². The van der Waals surface area contributed by atoms with Crippen LogP contribution in [0.4, 0.5) is 0 Å². The molecular formula is C13H17Cl2NO2. The molecular weight excluding hydrogens is 273 g/mol. The van der Waals surface area contributed by atoms with Crippen LogP contribution >= 0.6 is 23.2 Å². The van der Waals surface area contributed by atoms with Gasteiger partial charge in [0.05, 0.1) is 22.6 Å². The van der Waals surface area contributed by atoms with Gasteiger partial charge in [0.25, 0.3) is 0 Å². The second kappa shape index (κ2) is 6.98. The molecule has 0 spiro atoms. The van der Waals surface area contributed by atoms with Gasteiger partial charge in [0.2, 0.25) is 5.91 Å². The molecule has 1 amide bonds. The van der Waals surface area contributed by atoms with Gasteiger partial charge in [-0.2, -0.15) is 0 Å². The second-order valence-corrected chi connectivity index (χ2v) is 5.29. The molecule has 0 aromatic heterocycles. The molecule has 0 saturated heterocycles. The Kier molecular flexibility index (Phi) is 5.93. The summed E-state index contributed by atoms with van der Waals surface area (Å²) in [5, 5.41) is 12.9. The highest BCUT2D eigenvalue weighted by molar-refractivity contribution is 6.42. The largest absolute Gasteiger partial charge is 0.393 e. The molecule has 0 heterocycles. The normalized spacial score (nSPS) is 14.1. The van der Waals surface area contributed by atoms with Crippen LogP contribution in [-0.2, 0) is 11.2 Å². The van der Waals surface area contributed by atoms with Crippen molar-refractivity contribution in [1.82, 2.24) is 5.32 Å². The lowest BCUT2D eigenvalue weighted by atomic mass is 10.1. The predicted molar refractivity (Wildman–Crippen MR) is 74.1 cm³/mol. The topological polar surface area (TPSA) is 49.3 Å². The Morgan fingerprint density at radius 3 is 2.56 bits per heavy atom. The van der Waals surface area contributed by atoms with E-state index in [0.717, 1.165) is 5.56 Å². The van der Waals surface area contributed by atoms with Crippen LogP contribution in [0.15, 0.2) is 18.2 Å². The Bertz CT molecular complexity index is 421. The molecule has 18 heavy (non-hydrogen) atoms. The standard InChI is InChI=1S/C13H17Cl2NO2/c1-8(5-9(2)17)16-13(18)7-10-3-4-11(14)12(15)6-10/h3-4,6,8-9,17H,5,7H2,1-2H3,(H,16,18). The number of benzene rings is 1. The maximum Gasteiger partial charge on any atom is 0.224 e. The fourth-order valence-corrected chi connectivity index (χ4v) is 2.05. The first-order valence-electron chi connectivity index (χ1n) is 5.80. The van der Waals surface area contributed by atoms with Gasteiger partial charge in [-0.1, -0.05) is 29.3 Å². The van der Waals surface area contributed by atoms with Gasteiger partial charge in [0.15, 0.2) is 0 Å². The summed E-state index contributed by atoms with van der Waals surface area (Å²) in [5.74, 6) is -0.0958. The van der Waals surface area contributed by atoms with E-state index in [1.807, 2.05) is 6.92 Å². The average molecular weight is 290 g/mol. The molecule has 0 radical (unpaired) electrons. The van der Waals surface area contributed by atoms with Gasteiger partial charge >= 0.3 is 0 Å². The molecule has 0 saturated carbocycles. The van der Waals surface area contributed by atoms with Crippen molar-refractivity contribution in [1.29, 1.82) is 0 Å². The highest BCUT2D eigenvalue weighted by Gasteiger charge is 2.11. The molecule has 3 nitrogen and oxygen atoms in total. The fourth-order valence-electron chi connectivity index (χ4n) is 1.73. The summed E-state index contributed by atoms with van der Waals surface area (Å²) in [6.45, 7) is 3.56. The Morgan fingerprint density at radius 2 is 2.00 bits per heavy atom. The maximum absolute atomic E-state index is 11.7. The van der Waals surface area contributed by atoms with Gasteiger partial charge in [-0.25, -0.2) is 0 Å². The Hall–Kier alpha value is -0.770. The number of carbonyl (C=O) groups excluding carboxylic acids is 1. The molecule has 0 aliphatic carbocycles. The second-order valence-electron chi connectivity index (χ2n) is 4.48. The van der Waals surface area contributed by atoms with Crippen LogP contribution in [0.25, 0.3) is 0 Å². The van der Waals surface area contributed by atoms with Gasteiger partial charge < -0.3 is 10.4 Å². The Balaban J connectivity index is 2.51. The number of hydrogen-bond acceptors (Lipinski definition) is 2. The van der Waals surface area contributed by atoms with Crippen LogP contribution in [0.2, 0.25) is 10.0 Å². The lowest BCUT2D eigenvalue weighted by Crippen LogP contribution is -2.35. The summed E-state index contributed by atoms with van der Waals surface area (Å²) in [6, 6.07) is 5.07. The zero-order chi connectivity index (χ0) is 13.7. The number of halogens is 2. The minimum absolute atomic E-state index is 0.0553. The average Bonchev–Trinajstić information content (AvgIpc) is 2.21. The van der Waals surface area contributed by atoms with Gasteiger partial charge in [0, 0.05) is 6.04 Å². The van der Waals surface area contributed by atoms with Crippen molar-refractivity contribution in [2.75, 3.05) is 0 Å². The van der Waals surface area contributed by atoms with Gasteiger partial charge in [-0.15, -0.1) is 0 Å². The maximum atomic E-state index is 11.7. The molecule has 100 valence electrons. The summed E-state index contributed by atoms with van der Waals surface area (Å²) in [4.78, 5) is 11.7. The molecule has 1 aromatic rings. The van der Waals surface area contributed by atoms with Crippen molar-refractivity contribution in [3.8, 4) is 0 Å². The highest BCUT2D eigenvalue weighted by atomic mass is 35.5. The molecule has 0 aliphatic heterocycles. The Labute approximate surface area is 117 Å². The third kappa shape index (κ3) is 5.25. The molecule has 5 heteroatoms. The van der Waals surface area contributed by atoms with E-state index in [1.54, 1.807) is 25.1 Å². The smallest absolute Gasteiger partial charge is 0.224 e. The molecule has 2 unspecified atom stereocenters. The number of aliphatic hydroxyl groups is 1. The molecule has 1 aromatic carbocycles. The molecule has 0 bridgehead atoms. The van der Waals surface area contributed by atoms with Crippen LogP contribution in [0, 0.1) is 0 Å². The van der Waals surface area contributed by atoms with E-state index in [4.69, 9.17) is 23.2 Å². The Morgan fingerprint density at radius 1 is 1.33 bits per heavy atom. The van der Waals surface area contributed by atoms with E-state index in [1.165, 1.54) is 0 Å².